The summed E-state index contributed by atoms with van der Waals surface area (Å²) >= 11 is 9.39. The van der Waals surface area contributed by atoms with Gasteiger partial charge < -0.3 is 0 Å². The lowest BCUT2D eigenvalue weighted by Crippen LogP contribution is -2.05. The summed E-state index contributed by atoms with van der Waals surface area (Å²) in [7, 11) is 1.75. The molecule has 2 heterocycles. The highest BCUT2D eigenvalue weighted by Gasteiger charge is 2.16. The van der Waals surface area contributed by atoms with Gasteiger partial charge in [-0.15, -0.1) is 0 Å². The summed E-state index contributed by atoms with van der Waals surface area (Å²) in [6, 6.07) is 1.74. The van der Waals surface area contributed by atoms with Crippen LogP contribution in [0, 0.1) is 6.92 Å². The van der Waals surface area contributed by atoms with Crippen LogP contribution in [0.3, 0.4) is 0 Å². The molecule has 2 rings (SSSR count). The van der Waals surface area contributed by atoms with Crippen LogP contribution in [0.2, 0.25) is 5.15 Å². The minimum atomic E-state index is -0.0261. The Morgan fingerprint density at radius 2 is 2.22 bits per heavy atom. The fraction of sp³-hybridized carbons (Fsp3) is 0.250. The van der Waals surface area contributed by atoms with Gasteiger partial charge in [-0.25, -0.2) is 0 Å². The van der Waals surface area contributed by atoms with Gasteiger partial charge >= 0.3 is 0 Å². The molecule has 0 N–H and O–H groups in total. The summed E-state index contributed by atoms with van der Waals surface area (Å²) in [4.78, 5) is 16.1. The lowest BCUT2D eigenvalue weighted by molar-refractivity contribution is 0.0992. The molecule has 0 atom stereocenters. The largest absolute Gasteiger partial charge is 0.294 e. The Bertz CT molecular complexity index is 609. The van der Waals surface area contributed by atoms with E-state index in [0.29, 0.717) is 10.7 Å². The number of nitrogens with zero attached hydrogens (tertiary/aromatic N) is 3. The molecule has 0 spiro atoms. The first-order chi connectivity index (χ1) is 8.49. The van der Waals surface area contributed by atoms with Gasteiger partial charge in [0.1, 0.15) is 5.15 Å². The third kappa shape index (κ3) is 2.62. The first-order valence-electron chi connectivity index (χ1n) is 5.30. The summed E-state index contributed by atoms with van der Waals surface area (Å²) in [5.41, 5.74) is 2.10. The molecule has 6 heteroatoms. The number of carbonyl (C=O) groups is 1. The summed E-state index contributed by atoms with van der Waals surface area (Å²) in [6.07, 6.45) is 3.42. The quantitative estimate of drug-likeness (QED) is 0.814. The van der Waals surface area contributed by atoms with Crippen molar-refractivity contribution in [2.45, 2.75) is 13.3 Å². The molecule has 0 saturated carbocycles. The summed E-state index contributed by atoms with van der Waals surface area (Å²) in [6.45, 7) is 1.84. The first-order valence-corrected chi connectivity index (χ1v) is 6.48. The van der Waals surface area contributed by atoms with E-state index in [4.69, 9.17) is 11.6 Å². The van der Waals surface area contributed by atoms with E-state index in [-0.39, 0.29) is 12.2 Å². The number of hydrogen-bond acceptors (Lipinski definition) is 3. The van der Waals surface area contributed by atoms with Crippen molar-refractivity contribution in [1.82, 2.24) is 14.8 Å². The fourth-order valence-corrected chi connectivity index (χ4v) is 2.31. The highest BCUT2D eigenvalue weighted by Crippen LogP contribution is 2.21. The van der Waals surface area contributed by atoms with Gasteiger partial charge in [0.15, 0.2) is 5.78 Å². The Morgan fingerprint density at radius 1 is 1.50 bits per heavy atom. The van der Waals surface area contributed by atoms with Gasteiger partial charge in [0.05, 0.1) is 5.69 Å². The van der Waals surface area contributed by atoms with E-state index >= 15 is 0 Å². The molecule has 2 aromatic rings. The van der Waals surface area contributed by atoms with E-state index in [9.17, 15) is 4.79 Å². The smallest absolute Gasteiger partial charge is 0.169 e. The molecule has 4 nitrogen and oxygen atoms in total. The van der Waals surface area contributed by atoms with Crippen molar-refractivity contribution in [2.75, 3.05) is 0 Å². The second-order valence-corrected chi connectivity index (χ2v) is 5.24. The van der Waals surface area contributed by atoms with Crippen LogP contribution < -0.4 is 0 Å². The van der Waals surface area contributed by atoms with Crippen LogP contribution in [-0.4, -0.2) is 20.5 Å². The number of rotatable bonds is 3. The molecule has 0 radical (unpaired) electrons. The second-order valence-electron chi connectivity index (χ2n) is 3.97. The summed E-state index contributed by atoms with van der Waals surface area (Å²) in [5.74, 6) is -0.0261. The van der Waals surface area contributed by atoms with Gasteiger partial charge in [-0.3, -0.25) is 14.5 Å². The fourth-order valence-electron chi connectivity index (χ4n) is 1.70. The average molecular weight is 329 g/mol. The molecule has 94 valence electrons. The Balaban J connectivity index is 2.27. The van der Waals surface area contributed by atoms with Crippen molar-refractivity contribution in [3.8, 4) is 0 Å². The molecular formula is C12H11BrClN3O. The van der Waals surface area contributed by atoms with E-state index in [1.807, 2.05) is 6.92 Å². The van der Waals surface area contributed by atoms with Crippen LogP contribution in [0.1, 0.15) is 21.6 Å². The molecular weight excluding hydrogens is 318 g/mol. The standard InChI is InChI=1S/C12H11BrClN3O/c1-7-10(12(14)17(2)16-7)4-11(18)8-3-9(13)6-15-5-8/h3,5-6H,4H2,1-2H3. The number of aromatic nitrogens is 3. The van der Waals surface area contributed by atoms with E-state index in [2.05, 4.69) is 26.0 Å². The number of halogens is 2. The van der Waals surface area contributed by atoms with Crippen LogP contribution >= 0.6 is 27.5 Å². The number of hydrogen-bond donors (Lipinski definition) is 0. The zero-order chi connectivity index (χ0) is 13.3. The molecule has 0 bridgehead atoms. The summed E-state index contributed by atoms with van der Waals surface area (Å²) < 4.78 is 2.35. The van der Waals surface area contributed by atoms with E-state index < -0.39 is 0 Å². The topological polar surface area (TPSA) is 47.8 Å². The van der Waals surface area contributed by atoms with Crippen molar-refractivity contribution in [3.63, 3.8) is 0 Å². The van der Waals surface area contributed by atoms with Crippen LogP contribution in [0.4, 0.5) is 0 Å². The Morgan fingerprint density at radius 3 is 2.78 bits per heavy atom. The van der Waals surface area contributed by atoms with Crippen molar-refractivity contribution < 1.29 is 4.79 Å². The molecule has 0 saturated heterocycles. The summed E-state index contributed by atoms with van der Waals surface area (Å²) in [5, 5.41) is 4.69. The number of Topliss-reactive ketones (excluding diaryl/α,β-unsaturated/α-hetero) is 1. The Hall–Kier alpha value is -1.20. The van der Waals surface area contributed by atoms with E-state index in [1.54, 1.807) is 30.2 Å². The maximum Gasteiger partial charge on any atom is 0.169 e. The predicted molar refractivity (Wildman–Crippen MR) is 72.9 cm³/mol. The minimum Gasteiger partial charge on any atom is -0.294 e. The van der Waals surface area contributed by atoms with Gasteiger partial charge in [0, 0.05) is 41.5 Å². The van der Waals surface area contributed by atoms with Gasteiger partial charge in [0.2, 0.25) is 0 Å². The van der Waals surface area contributed by atoms with Crippen molar-refractivity contribution >= 4 is 33.3 Å². The monoisotopic (exact) mass is 327 g/mol. The second kappa shape index (κ2) is 5.20. The van der Waals surface area contributed by atoms with Crippen LogP contribution in [0.25, 0.3) is 0 Å². The van der Waals surface area contributed by atoms with Crippen LogP contribution in [0.5, 0.6) is 0 Å². The maximum absolute atomic E-state index is 12.1. The normalized spacial score (nSPS) is 10.7. The average Bonchev–Trinajstić information content (AvgIpc) is 2.56. The molecule has 0 aliphatic rings. The third-order valence-corrected chi connectivity index (χ3v) is 3.54. The third-order valence-electron chi connectivity index (χ3n) is 2.63. The van der Waals surface area contributed by atoms with Gasteiger partial charge in [-0.05, 0) is 28.9 Å². The molecule has 0 amide bonds. The Kier molecular flexibility index (Phi) is 3.82. The van der Waals surface area contributed by atoms with Crippen LogP contribution in [0.15, 0.2) is 22.9 Å². The number of ketones is 1. The van der Waals surface area contributed by atoms with Crippen molar-refractivity contribution in [1.29, 1.82) is 0 Å². The van der Waals surface area contributed by atoms with E-state index in [0.717, 1.165) is 15.7 Å². The zero-order valence-electron chi connectivity index (χ0n) is 9.94. The number of aryl methyl sites for hydroxylation is 2. The van der Waals surface area contributed by atoms with Gasteiger partial charge in [0.25, 0.3) is 0 Å². The molecule has 2 aromatic heterocycles. The first kappa shape index (κ1) is 13.2. The number of carbonyl (C=O) groups excluding carboxylic acids is 1. The van der Waals surface area contributed by atoms with Crippen LogP contribution in [-0.2, 0) is 13.5 Å². The predicted octanol–water partition coefficient (Wildman–Crippen LogP) is 2.96. The van der Waals surface area contributed by atoms with Crippen molar-refractivity contribution in [3.05, 3.63) is 44.9 Å². The highest BCUT2D eigenvalue weighted by atomic mass is 79.9. The SMILES string of the molecule is Cc1nn(C)c(Cl)c1CC(=O)c1cncc(Br)c1. The molecule has 0 aromatic carbocycles. The Labute approximate surface area is 118 Å². The maximum atomic E-state index is 12.1. The molecule has 0 aliphatic carbocycles. The highest BCUT2D eigenvalue weighted by molar-refractivity contribution is 9.10. The lowest BCUT2D eigenvalue weighted by atomic mass is 10.1. The molecule has 0 fully saturated rings. The van der Waals surface area contributed by atoms with Gasteiger partial charge in [-0.2, -0.15) is 5.10 Å². The van der Waals surface area contributed by atoms with Crippen molar-refractivity contribution in [2.24, 2.45) is 7.05 Å². The molecule has 18 heavy (non-hydrogen) atoms. The van der Waals surface area contributed by atoms with Gasteiger partial charge in [-0.1, -0.05) is 11.6 Å². The molecule has 0 aliphatic heterocycles. The number of pyridine rings is 1. The minimum absolute atomic E-state index is 0.0261. The van der Waals surface area contributed by atoms with E-state index in [1.165, 1.54) is 0 Å². The zero-order valence-corrected chi connectivity index (χ0v) is 12.3. The molecule has 0 unspecified atom stereocenters. The lowest BCUT2D eigenvalue weighted by Gasteiger charge is -2.01.